The number of aromatic amines is 1. The highest BCUT2D eigenvalue weighted by molar-refractivity contribution is 9.10. The summed E-state index contributed by atoms with van der Waals surface area (Å²) in [5, 5.41) is 11.0. The Morgan fingerprint density at radius 2 is 1.66 bits per heavy atom. The number of H-pyrrole nitrogens is 1. The molecule has 0 aliphatic carbocycles. The summed E-state index contributed by atoms with van der Waals surface area (Å²) in [4.78, 5) is 20.2. The molecule has 3 aromatic carbocycles. The molecule has 5 heteroatoms. The first-order valence-corrected chi connectivity index (χ1v) is 10.1. The number of rotatable bonds is 6. The number of benzene rings is 3. The lowest BCUT2D eigenvalue weighted by Crippen LogP contribution is -2.16. The normalized spacial score (nSPS) is 12.8. The molecule has 0 bridgehead atoms. The van der Waals surface area contributed by atoms with Crippen molar-refractivity contribution in [3.05, 3.63) is 101 Å². The Hall–Kier alpha value is -3.18. The predicted octanol–water partition coefficient (Wildman–Crippen LogP) is 6.31. The van der Waals surface area contributed by atoms with Crippen molar-refractivity contribution in [2.75, 3.05) is 0 Å². The quantitative estimate of drug-likeness (QED) is 0.340. The van der Waals surface area contributed by atoms with Gasteiger partial charge in [-0.2, -0.15) is 0 Å². The van der Waals surface area contributed by atoms with Gasteiger partial charge >= 0.3 is 5.97 Å². The summed E-state index contributed by atoms with van der Waals surface area (Å²) in [6.07, 6.45) is 2.09. The van der Waals surface area contributed by atoms with Gasteiger partial charge in [0, 0.05) is 33.7 Å². The molecule has 0 spiro atoms. The number of nitrogens with one attached hydrogen (secondary N) is 1. The minimum absolute atomic E-state index is 0.289. The molecule has 1 aromatic heterocycles. The number of nitrogens with zero attached hydrogens (tertiary/aromatic N) is 1. The molecule has 0 aliphatic rings. The zero-order valence-electron chi connectivity index (χ0n) is 15.5. The number of para-hydroxylation sites is 1. The van der Waals surface area contributed by atoms with Gasteiger partial charge in [0.1, 0.15) is 0 Å². The van der Waals surface area contributed by atoms with Crippen LogP contribution in [0.3, 0.4) is 0 Å². The third kappa shape index (κ3) is 4.30. The number of carbonyl (C=O) groups is 1. The van der Waals surface area contributed by atoms with E-state index in [1.165, 1.54) is 0 Å². The second-order valence-corrected chi connectivity index (χ2v) is 7.70. The molecule has 29 heavy (non-hydrogen) atoms. The number of carboxylic acid groups (broad SMARTS) is 1. The van der Waals surface area contributed by atoms with E-state index in [1.807, 2.05) is 78.9 Å². The fourth-order valence-corrected chi connectivity index (χ4v) is 3.70. The zero-order valence-corrected chi connectivity index (χ0v) is 17.1. The van der Waals surface area contributed by atoms with Crippen LogP contribution in [0.5, 0.6) is 0 Å². The number of aliphatic imine (C=N–C) groups is 1. The molecular weight excluding hydrogens is 428 g/mol. The van der Waals surface area contributed by atoms with E-state index >= 15 is 0 Å². The van der Waals surface area contributed by atoms with Gasteiger partial charge < -0.3 is 10.1 Å². The fraction of sp³-hybridized carbons (Fsp3) is 0.0833. The number of hydrogen-bond donors (Lipinski definition) is 2. The van der Waals surface area contributed by atoms with E-state index < -0.39 is 11.9 Å². The van der Waals surface area contributed by atoms with Gasteiger partial charge in [-0.05, 0) is 41.5 Å². The molecule has 0 radical (unpaired) electrons. The maximum atomic E-state index is 12.2. The third-order valence-corrected chi connectivity index (χ3v) is 5.42. The number of fused-ring (bicyclic) bond motifs is 1. The van der Waals surface area contributed by atoms with Crippen molar-refractivity contribution in [2.45, 2.75) is 12.3 Å². The Morgan fingerprint density at radius 3 is 2.38 bits per heavy atom. The van der Waals surface area contributed by atoms with Crippen LogP contribution in [-0.4, -0.2) is 21.8 Å². The Kier molecular flexibility index (Phi) is 5.58. The molecule has 0 saturated heterocycles. The van der Waals surface area contributed by atoms with Crippen molar-refractivity contribution in [2.24, 2.45) is 4.99 Å². The van der Waals surface area contributed by atoms with E-state index in [2.05, 4.69) is 20.9 Å². The topological polar surface area (TPSA) is 65.4 Å². The second kappa shape index (κ2) is 8.45. The van der Waals surface area contributed by atoms with Crippen LogP contribution in [0.1, 0.15) is 23.5 Å². The van der Waals surface area contributed by atoms with E-state index in [4.69, 9.17) is 4.99 Å². The minimum atomic E-state index is -0.866. The summed E-state index contributed by atoms with van der Waals surface area (Å²) in [7, 11) is 0. The highest BCUT2D eigenvalue weighted by Crippen LogP contribution is 2.30. The van der Waals surface area contributed by atoms with Crippen molar-refractivity contribution in [3.8, 4) is 0 Å². The molecule has 4 nitrogen and oxygen atoms in total. The van der Waals surface area contributed by atoms with E-state index in [9.17, 15) is 9.90 Å². The van der Waals surface area contributed by atoms with Crippen LogP contribution >= 0.6 is 15.9 Å². The van der Waals surface area contributed by atoms with Crippen LogP contribution in [0.25, 0.3) is 10.9 Å². The maximum absolute atomic E-state index is 12.2. The summed E-state index contributed by atoms with van der Waals surface area (Å²) < 4.78 is 0.972. The van der Waals surface area contributed by atoms with E-state index in [0.717, 1.165) is 37.9 Å². The van der Waals surface area contributed by atoms with Gasteiger partial charge in [0.2, 0.25) is 0 Å². The lowest BCUT2D eigenvalue weighted by atomic mass is 9.90. The lowest BCUT2D eigenvalue weighted by molar-refractivity contribution is -0.138. The summed E-state index contributed by atoms with van der Waals surface area (Å²) in [6.45, 7) is 0. The van der Waals surface area contributed by atoms with Crippen molar-refractivity contribution >= 4 is 44.2 Å². The molecule has 2 N–H and O–H groups in total. The molecule has 0 saturated carbocycles. The van der Waals surface area contributed by atoms with E-state index in [1.54, 1.807) is 6.20 Å². The molecule has 1 atom stereocenters. The standard InChI is InChI=1S/C24H19BrN2O2/c25-17-10-12-18(13-11-17)27-23(16-6-2-1-3-7-16)14-20(24(28)29)21-15-26-22-9-5-4-8-19(21)22/h1-13,15,20,26H,14H2,(H,28,29)/t20-/m0/s1. The van der Waals surface area contributed by atoms with Crippen molar-refractivity contribution in [1.82, 2.24) is 4.98 Å². The van der Waals surface area contributed by atoms with Crippen LogP contribution in [0.4, 0.5) is 5.69 Å². The van der Waals surface area contributed by atoms with Crippen LogP contribution in [0, 0.1) is 0 Å². The first-order valence-electron chi connectivity index (χ1n) is 9.29. The van der Waals surface area contributed by atoms with Gasteiger partial charge in [0.05, 0.1) is 11.6 Å². The highest BCUT2D eigenvalue weighted by Gasteiger charge is 2.25. The Morgan fingerprint density at radius 1 is 0.966 bits per heavy atom. The predicted molar refractivity (Wildman–Crippen MR) is 120 cm³/mol. The lowest BCUT2D eigenvalue weighted by Gasteiger charge is -2.15. The molecule has 0 fully saturated rings. The van der Waals surface area contributed by atoms with Crippen LogP contribution in [0.2, 0.25) is 0 Å². The van der Waals surface area contributed by atoms with Gasteiger partial charge in [0.25, 0.3) is 0 Å². The third-order valence-electron chi connectivity index (χ3n) is 4.89. The first-order chi connectivity index (χ1) is 14.1. The molecule has 4 rings (SSSR count). The molecule has 144 valence electrons. The summed E-state index contributed by atoms with van der Waals surface area (Å²) in [5.41, 5.74) is 4.15. The number of halogens is 1. The largest absolute Gasteiger partial charge is 0.481 e. The average molecular weight is 447 g/mol. The second-order valence-electron chi connectivity index (χ2n) is 6.79. The van der Waals surface area contributed by atoms with Crippen LogP contribution < -0.4 is 0 Å². The van der Waals surface area contributed by atoms with E-state index in [-0.39, 0.29) is 6.42 Å². The Bertz CT molecular complexity index is 1160. The van der Waals surface area contributed by atoms with Gasteiger partial charge in [-0.25, -0.2) is 0 Å². The minimum Gasteiger partial charge on any atom is -0.481 e. The number of aromatic nitrogens is 1. The van der Waals surface area contributed by atoms with Gasteiger partial charge in [-0.3, -0.25) is 9.79 Å². The molecule has 0 amide bonds. The van der Waals surface area contributed by atoms with Crippen LogP contribution in [0.15, 0.2) is 94.5 Å². The molecule has 0 aliphatic heterocycles. The first kappa shape index (κ1) is 19.2. The average Bonchev–Trinajstić information content (AvgIpc) is 3.17. The molecule has 0 unspecified atom stereocenters. The van der Waals surface area contributed by atoms with Gasteiger partial charge in [-0.15, -0.1) is 0 Å². The Balaban J connectivity index is 1.77. The summed E-state index contributed by atoms with van der Waals surface area (Å²) >= 11 is 3.44. The maximum Gasteiger partial charge on any atom is 0.311 e. The molecular formula is C24H19BrN2O2. The van der Waals surface area contributed by atoms with Crippen molar-refractivity contribution in [1.29, 1.82) is 0 Å². The van der Waals surface area contributed by atoms with Gasteiger partial charge in [0.15, 0.2) is 0 Å². The monoisotopic (exact) mass is 446 g/mol. The molecule has 4 aromatic rings. The smallest absolute Gasteiger partial charge is 0.311 e. The Labute approximate surface area is 177 Å². The summed E-state index contributed by atoms with van der Waals surface area (Å²) in [6, 6.07) is 25.2. The van der Waals surface area contributed by atoms with Crippen molar-refractivity contribution < 1.29 is 9.90 Å². The number of hydrogen-bond acceptors (Lipinski definition) is 2. The number of carboxylic acids is 1. The highest BCUT2D eigenvalue weighted by atomic mass is 79.9. The number of aliphatic carboxylic acids is 1. The SMILES string of the molecule is O=C(O)[C@@H](CC(=Nc1ccc(Br)cc1)c1ccccc1)c1c[nH]c2ccccc12. The zero-order chi connectivity index (χ0) is 20.2. The van der Waals surface area contributed by atoms with E-state index in [0.29, 0.717) is 0 Å². The fourth-order valence-electron chi connectivity index (χ4n) is 3.44. The van der Waals surface area contributed by atoms with Crippen LogP contribution in [-0.2, 0) is 4.79 Å². The summed E-state index contributed by atoms with van der Waals surface area (Å²) in [5.74, 6) is -1.57. The molecule has 1 heterocycles. The van der Waals surface area contributed by atoms with Crippen molar-refractivity contribution in [3.63, 3.8) is 0 Å². The van der Waals surface area contributed by atoms with Gasteiger partial charge in [-0.1, -0.05) is 64.5 Å².